The number of likely N-dealkylation sites (N-methyl/N-ethyl adjacent to an activating group) is 1. The number of likely N-dealkylation sites (tertiary alicyclic amines) is 1. The highest BCUT2D eigenvalue weighted by Crippen LogP contribution is 2.41. The number of ether oxygens (including phenoxy) is 2. The zero-order valence-electron chi connectivity index (χ0n) is 20.2. The third-order valence-corrected chi connectivity index (χ3v) is 5.43. The maximum Gasteiger partial charge on any atom is 0.295 e. The molecule has 0 bridgehead atoms. The van der Waals surface area contributed by atoms with E-state index in [1.165, 1.54) is 11.0 Å². The predicted molar refractivity (Wildman–Crippen MR) is 129 cm³/mol. The summed E-state index contributed by atoms with van der Waals surface area (Å²) in [4.78, 5) is 29.5. The molecule has 1 fully saturated rings. The number of ketones is 1. The molecule has 3 rings (SSSR count). The summed E-state index contributed by atoms with van der Waals surface area (Å²) in [5.41, 5.74) is 0.950. The zero-order chi connectivity index (χ0) is 25.0. The summed E-state index contributed by atoms with van der Waals surface area (Å²) in [5.74, 6) is -0.869. The number of hydrogen-bond donors (Lipinski definition) is 2. The molecule has 8 heteroatoms. The fourth-order valence-electron chi connectivity index (χ4n) is 3.86. The molecular weight excluding hydrogens is 436 g/mol. The molecule has 0 saturated carbocycles. The Balaban J connectivity index is 2.11. The second kappa shape index (κ2) is 10.6. The van der Waals surface area contributed by atoms with E-state index in [2.05, 4.69) is 0 Å². The van der Waals surface area contributed by atoms with Crippen molar-refractivity contribution in [2.75, 3.05) is 33.8 Å². The molecular formula is C26H32N2O6. The molecule has 0 radical (unpaired) electrons. The molecule has 1 aliphatic heterocycles. The van der Waals surface area contributed by atoms with Crippen LogP contribution in [0, 0.1) is 0 Å². The van der Waals surface area contributed by atoms with Crippen molar-refractivity contribution in [2.45, 2.75) is 32.9 Å². The Hall–Kier alpha value is -3.52. The topological polar surface area (TPSA) is 99.5 Å². The van der Waals surface area contributed by atoms with Gasteiger partial charge in [0.1, 0.15) is 11.5 Å². The third kappa shape index (κ3) is 5.34. The lowest BCUT2D eigenvalue weighted by Gasteiger charge is -2.27. The van der Waals surface area contributed by atoms with Crippen molar-refractivity contribution >= 4 is 17.4 Å². The van der Waals surface area contributed by atoms with E-state index in [-0.39, 0.29) is 35.5 Å². The van der Waals surface area contributed by atoms with Crippen molar-refractivity contribution in [1.82, 2.24) is 9.80 Å². The van der Waals surface area contributed by atoms with Gasteiger partial charge in [-0.2, -0.15) is 0 Å². The van der Waals surface area contributed by atoms with Crippen molar-refractivity contribution in [3.63, 3.8) is 0 Å². The summed E-state index contributed by atoms with van der Waals surface area (Å²) in [6.45, 7) is 6.77. The molecule has 0 spiro atoms. The van der Waals surface area contributed by atoms with Gasteiger partial charge in [-0.1, -0.05) is 6.07 Å². The van der Waals surface area contributed by atoms with Gasteiger partial charge in [0.2, 0.25) is 0 Å². The quantitative estimate of drug-likeness (QED) is 0.330. The van der Waals surface area contributed by atoms with E-state index >= 15 is 0 Å². The molecule has 2 aromatic carbocycles. The van der Waals surface area contributed by atoms with E-state index in [1.54, 1.807) is 43.3 Å². The lowest BCUT2D eigenvalue weighted by Crippen LogP contribution is -2.35. The first-order chi connectivity index (χ1) is 16.1. The first-order valence-corrected chi connectivity index (χ1v) is 11.3. The molecule has 0 unspecified atom stereocenters. The number of carbonyl (C=O) groups is 2. The summed E-state index contributed by atoms with van der Waals surface area (Å²) < 4.78 is 11.2. The second-order valence-electron chi connectivity index (χ2n) is 8.65. The van der Waals surface area contributed by atoms with E-state index in [1.807, 2.05) is 32.8 Å². The molecule has 1 heterocycles. The highest BCUT2D eigenvalue weighted by Gasteiger charge is 2.46. The van der Waals surface area contributed by atoms with Gasteiger partial charge < -0.3 is 29.5 Å². The molecule has 1 atom stereocenters. The normalized spacial score (nSPS) is 17.6. The van der Waals surface area contributed by atoms with Gasteiger partial charge >= 0.3 is 0 Å². The van der Waals surface area contributed by atoms with Crippen molar-refractivity contribution in [3.05, 3.63) is 59.2 Å². The second-order valence-corrected chi connectivity index (χ2v) is 8.65. The van der Waals surface area contributed by atoms with Crippen LogP contribution >= 0.6 is 0 Å². The standard InChI is InChI=1S/C26H32N2O6/c1-6-33-21-15-18(9-12-20(21)29)23-22(25(31)26(32)28(23)14-13-27(4)5)24(30)17-7-10-19(11-8-17)34-16(2)3/h7-12,15-16,23,29-30H,6,13-14H2,1-5H3/b24-22+/t23-/m0/s1. The average Bonchev–Trinajstić information content (AvgIpc) is 3.03. The summed E-state index contributed by atoms with van der Waals surface area (Å²) in [7, 11) is 3.75. The highest BCUT2D eigenvalue weighted by atomic mass is 16.5. The number of phenolic OH excluding ortho intramolecular Hbond substituents is 1. The van der Waals surface area contributed by atoms with Crippen LogP contribution in [0.2, 0.25) is 0 Å². The molecule has 182 valence electrons. The molecule has 8 nitrogen and oxygen atoms in total. The number of carbonyl (C=O) groups excluding carboxylic acids is 2. The minimum atomic E-state index is -0.827. The number of phenols is 1. The molecule has 0 aromatic heterocycles. The van der Waals surface area contributed by atoms with Crippen LogP contribution in [-0.4, -0.2) is 71.6 Å². The largest absolute Gasteiger partial charge is 0.507 e. The average molecular weight is 469 g/mol. The van der Waals surface area contributed by atoms with Crippen molar-refractivity contribution in [1.29, 1.82) is 0 Å². The Morgan fingerprint density at radius 1 is 1.12 bits per heavy atom. The number of aliphatic hydroxyl groups excluding tert-OH is 1. The minimum Gasteiger partial charge on any atom is -0.507 e. The van der Waals surface area contributed by atoms with Gasteiger partial charge in [0.05, 0.1) is 24.3 Å². The van der Waals surface area contributed by atoms with Crippen LogP contribution in [0.5, 0.6) is 17.2 Å². The number of rotatable bonds is 9. The van der Waals surface area contributed by atoms with E-state index in [9.17, 15) is 19.8 Å². The highest BCUT2D eigenvalue weighted by molar-refractivity contribution is 6.46. The fraction of sp³-hybridized carbons (Fsp3) is 0.385. The van der Waals surface area contributed by atoms with E-state index < -0.39 is 17.7 Å². The van der Waals surface area contributed by atoms with Gasteiger partial charge in [0, 0.05) is 18.7 Å². The zero-order valence-corrected chi connectivity index (χ0v) is 20.2. The van der Waals surface area contributed by atoms with Crippen LogP contribution in [0.25, 0.3) is 5.76 Å². The van der Waals surface area contributed by atoms with E-state index in [0.717, 1.165) is 0 Å². The van der Waals surface area contributed by atoms with Gasteiger partial charge in [0.25, 0.3) is 11.7 Å². The molecule has 1 amide bonds. The fourth-order valence-corrected chi connectivity index (χ4v) is 3.86. The number of nitrogens with zero attached hydrogens (tertiary/aromatic N) is 2. The first-order valence-electron chi connectivity index (χ1n) is 11.3. The summed E-state index contributed by atoms with van der Waals surface area (Å²) in [5, 5.41) is 21.3. The smallest absolute Gasteiger partial charge is 0.295 e. The Morgan fingerprint density at radius 3 is 2.38 bits per heavy atom. The van der Waals surface area contributed by atoms with Gasteiger partial charge in [-0.25, -0.2) is 0 Å². The Kier molecular flexibility index (Phi) is 7.83. The number of Topliss-reactive ketones (excluding diaryl/α,β-unsaturated/α-hetero) is 1. The maximum absolute atomic E-state index is 13.1. The van der Waals surface area contributed by atoms with Gasteiger partial charge in [-0.15, -0.1) is 0 Å². The van der Waals surface area contributed by atoms with Crippen LogP contribution < -0.4 is 9.47 Å². The summed E-state index contributed by atoms with van der Waals surface area (Å²) >= 11 is 0. The van der Waals surface area contributed by atoms with E-state index in [4.69, 9.17) is 9.47 Å². The van der Waals surface area contributed by atoms with Crippen molar-refractivity contribution < 1.29 is 29.3 Å². The minimum absolute atomic E-state index is 0.00417. The molecule has 1 saturated heterocycles. The summed E-state index contributed by atoms with van der Waals surface area (Å²) in [6, 6.07) is 10.6. The van der Waals surface area contributed by atoms with Crippen LogP contribution in [0.15, 0.2) is 48.0 Å². The van der Waals surface area contributed by atoms with Gasteiger partial charge in [0.15, 0.2) is 11.5 Å². The predicted octanol–water partition coefficient (Wildman–Crippen LogP) is 3.56. The van der Waals surface area contributed by atoms with E-state index in [0.29, 0.717) is 30.0 Å². The van der Waals surface area contributed by atoms with Gasteiger partial charge in [-0.3, -0.25) is 9.59 Å². The number of hydrogen-bond acceptors (Lipinski definition) is 7. The lowest BCUT2D eigenvalue weighted by molar-refractivity contribution is -0.140. The van der Waals surface area contributed by atoms with Crippen LogP contribution in [-0.2, 0) is 9.59 Å². The Morgan fingerprint density at radius 2 is 1.79 bits per heavy atom. The van der Waals surface area contributed by atoms with Crippen molar-refractivity contribution in [3.8, 4) is 17.2 Å². The van der Waals surface area contributed by atoms with Crippen molar-refractivity contribution in [2.24, 2.45) is 0 Å². The number of benzene rings is 2. The van der Waals surface area contributed by atoms with Crippen LogP contribution in [0.4, 0.5) is 0 Å². The number of amides is 1. The molecule has 1 aliphatic rings. The molecule has 0 aliphatic carbocycles. The molecule has 2 aromatic rings. The monoisotopic (exact) mass is 468 g/mol. The first kappa shape index (κ1) is 25.1. The Bertz CT molecular complexity index is 1080. The number of aliphatic hydroxyl groups is 1. The van der Waals surface area contributed by atoms with Gasteiger partial charge in [-0.05, 0) is 76.8 Å². The third-order valence-electron chi connectivity index (χ3n) is 5.43. The van der Waals surface area contributed by atoms with Crippen LogP contribution in [0.3, 0.4) is 0 Å². The molecule has 2 N–H and O–H groups in total. The SMILES string of the molecule is CCOc1cc([C@H]2/C(=C(\O)c3ccc(OC(C)C)cc3)C(=O)C(=O)N2CCN(C)C)ccc1O. The van der Waals surface area contributed by atoms with Crippen LogP contribution in [0.1, 0.15) is 37.9 Å². The lowest BCUT2D eigenvalue weighted by atomic mass is 9.95. The summed E-state index contributed by atoms with van der Waals surface area (Å²) in [6.07, 6.45) is -0.00417. The Labute approximate surface area is 200 Å². The maximum atomic E-state index is 13.1. The molecule has 34 heavy (non-hydrogen) atoms. The number of aromatic hydroxyl groups is 1.